The van der Waals surface area contributed by atoms with Crippen LogP contribution in [0.15, 0.2) is 313 Å². The van der Waals surface area contributed by atoms with Crippen LogP contribution < -0.4 is 54.1 Å². The number of aldehydes is 1. The van der Waals surface area contributed by atoms with Crippen LogP contribution in [0.25, 0.3) is 0 Å². The van der Waals surface area contributed by atoms with Crippen LogP contribution in [0.1, 0.15) is 67.8 Å². The van der Waals surface area contributed by atoms with E-state index in [9.17, 15) is 9.18 Å². The van der Waals surface area contributed by atoms with E-state index in [1.165, 1.54) is 27.8 Å². The van der Waals surface area contributed by atoms with Crippen molar-refractivity contribution in [2.45, 2.75) is 31.0 Å². The molecule has 11 rings (SSSR count). The number of aliphatic imine (C=N–C) groups is 2. The van der Waals surface area contributed by atoms with Crippen molar-refractivity contribution in [3.63, 3.8) is 0 Å². The van der Waals surface area contributed by atoms with Crippen molar-refractivity contribution in [3.05, 3.63) is 365 Å². The van der Waals surface area contributed by atoms with E-state index < -0.39 is 7.15 Å². The number of benzene rings is 10. The molecule has 1 aliphatic rings. The van der Waals surface area contributed by atoms with E-state index in [1.807, 2.05) is 274 Å². The number of alkyl halides is 1. The monoisotopic (exact) mass is 1390 g/mol. The summed E-state index contributed by atoms with van der Waals surface area (Å²) in [7, 11) is 7.04. The van der Waals surface area contributed by atoms with Crippen molar-refractivity contribution >= 4 is 151 Å². The molecule has 4 N–H and O–H groups in total. The van der Waals surface area contributed by atoms with Crippen molar-refractivity contribution in [2.24, 2.45) is 15.7 Å². The number of nitrogens with two attached hydrogens (primary N) is 1. The van der Waals surface area contributed by atoms with Crippen LogP contribution in [0.4, 0.5) is 4.39 Å². The summed E-state index contributed by atoms with van der Waals surface area (Å²) in [6.07, 6.45) is 0.833. The molecule has 1 aliphatic heterocycles. The van der Waals surface area contributed by atoms with Crippen molar-refractivity contribution in [2.75, 3.05) is 35.3 Å². The first-order valence-corrected chi connectivity index (χ1v) is 32.6. The zero-order valence-corrected chi connectivity index (χ0v) is 62.9. The van der Waals surface area contributed by atoms with Crippen LogP contribution in [0.5, 0.6) is 0 Å². The molecule has 0 aliphatic carbocycles. The van der Waals surface area contributed by atoms with E-state index >= 15 is 0 Å². The van der Waals surface area contributed by atoms with Gasteiger partial charge in [-0.25, -0.2) is 0 Å². The Morgan fingerprint density at radius 1 is 0.577 bits per heavy atom. The number of hydrogen-bond acceptors (Lipinski definition) is 10. The maximum absolute atomic E-state index is 10.0. The third kappa shape index (κ3) is 40.8. The minimum Gasteiger partial charge on any atom is -0.819 e. The molecule has 0 saturated carbocycles. The van der Waals surface area contributed by atoms with Crippen molar-refractivity contribution in [1.29, 1.82) is 0 Å². The standard InChI is InChI=1S/C17H18N2S.2C14H13NS.C14H12NS.C7H9N.C7H6O.C3H7NS.CH3F.4Li.2H2S/c1-19(2)17-15(13-9-5-3-6-10-13)18-16(20-17)14-11-7-4-8-12-14;3*16-14(13-9-5-2-6-10-13)15-11-12-7-3-1-4-8-12;2*8-6-7-4-2-1-3-5-7;1-4(2)3-5;1-2;;;;;;/h3-12,15,17H,1-2H3;2*1-10H,11H2,(H,15,16);1-11H,(H,15,16);1-5H,6,8H2;1-6H;3H,1-2H3;1H3;;;;;2*1H2/q;;;-1;;;;;;;2*+1;;/p-1/t15-,17+;;;;;;;;;;;;;/m0............./s1/i;;;;;;;1D;;;;;;. The molecule has 0 amide bonds. The molecule has 0 radical (unpaired) electrons. The van der Waals surface area contributed by atoms with Gasteiger partial charge >= 0.3 is 68.5 Å². The number of likely N-dealkylation sites (N-methyl/N-ethyl adjacent to an activating group) is 1. The van der Waals surface area contributed by atoms with Gasteiger partial charge in [-0.2, -0.15) is 32.0 Å². The summed E-state index contributed by atoms with van der Waals surface area (Å²) in [6.45, 7) is 3.97. The second-order valence-corrected chi connectivity index (χ2v) is 22.3. The van der Waals surface area contributed by atoms with Crippen molar-refractivity contribution in [3.8, 4) is 0 Å². The van der Waals surface area contributed by atoms with Crippen molar-refractivity contribution in [1.82, 2.24) is 20.4 Å². The Morgan fingerprint density at radius 3 is 1.23 bits per heavy atom. The topological polar surface area (TPSA) is 98.3 Å². The molecule has 0 saturated heterocycles. The molecule has 20 heteroatoms. The summed E-state index contributed by atoms with van der Waals surface area (Å²) in [5, 5.41) is 8.60. The van der Waals surface area contributed by atoms with Crippen LogP contribution in [0.3, 0.4) is 0 Å². The second kappa shape index (κ2) is 60.2. The zero-order chi connectivity index (χ0) is 68.2. The average Bonchev–Trinajstić information content (AvgIpc) is 1.66. The summed E-state index contributed by atoms with van der Waals surface area (Å²) < 4.78 is 15.5. The Bertz CT molecular complexity index is 3540. The Labute approximate surface area is 660 Å². The molecule has 10 aromatic carbocycles. The molecule has 0 fully saturated rings. The zero-order valence-electron chi connectivity index (χ0n) is 57.8. The maximum atomic E-state index is 10.0. The van der Waals surface area contributed by atoms with Crippen LogP contribution in [-0.4, -0.2) is 113 Å². The van der Waals surface area contributed by atoms with E-state index in [0.717, 1.165) is 62.2 Å². The molecule has 2 atom stereocenters. The van der Waals surface area contributed by atoms with Gasteiger partial charge in [0.25, 0.3) is 0 Å². The predicted molar refractivity (Wildman–Crippen MR) is 433 cm³/mol. The SMILES string of the molecule is CN(C)C=S.CN(C)[C@@H]1SC(c2ccccc2)=N[C@H]1c1ccccc1.NCc1ccccc1.O=Cc1ccccc1.S.S.S=C(NCc1ccccc1)c1ccccc1.S=C(NCc1ccccc1)c1ccccc1.[2H]CF.[Li+].[Li+].[Li][Li].[S-]C(=N[CH-]c1ccccc1)c1ccccc1. The third-order valence-electron chi connectivity index (χ3n) is 12.5. The first-order valence-electron chi connectivity index (χ1n) is 30.7. The van der Waals surface area contributed by atoms with Gasteiger partial charge in [-0.15, -0.1) is 29.8 Å². The number of nitrogens with one attached hydrogen (secondary N) is 2. The fraction of sp³-hybridized carbons (Fsp3) is 0.130. The van der Waals surface area contributed by atoms with E-state index in [0.29, 0.717) is 17.0 Å². The quantitative estimate of drug-likeness (QED) is 0.0174. The Morgan fingerprint density at radius 2 is 0.897 bits per heavy atom. The van der Waals surface area contributed by atoms with Gasteiger partial charge in [0.15, 0.2) is 0 Å². The van der Waals surface area contributed by atoms with Crippen LogP contribution in [0.2, 0.25) is 0 Å². The van der Waals surface area contributed by atoms with Gasteiger partial charge in [0.05, 0.1) is 19.4 Å². The fourth-order valence-corrected chi connectivity index (χ4v) is 9.65. The molecule has 1 heterocycles. The number of rotatable bonds is 15. The smallest absolute Gasteiger partial charge is 0.0604 e. The van der Waals surface area contributed by atoms with Gasteiger partial charge in [0, 0.05) is 56.0 Å². The van der Waals surface area contributed by atoms with E-state index in [2.05, 4.69) is 126 Å². The molecule has 0 unspecified atom stereocenters. The summed E-state index contributed by atoms with van der Waals surface area (Å²) in [4.78, 5) is 24.9. The Hall–Kier alpha value is -5.74. The minimum absolute atomic E-state index is 0. The second-order valence-electron chi connectivity index (χ2n) is 19.8. The number of carbonyl (C=O) groups excluding carboxylic acids is 1. The Balaban J connectivity index is 0. The van der Waals surface area contributed by atoms with Gasteiger partial charge in [0.2, 0.25) is 0 Å². The summed E-state index contributed by atoms with van der Waals surface area (Å²) >= 11 is 26.2. The minimum atomic E-state index is -1.00. The summed E-state index contributed by atoms with van der Waals surface area (Å²) in [6, 6.07) is 101. The van der Waals surface area contributed by atoms with E-state index in [1.54, 1.807) is 24.2 Å². The number of carbonyl (C=O) groups is 1. The molecule has 486 valence electrons. The number of thioether (sulfide) groups is 1. The van der Waals surface area contributed by atoms with Crippen molar-refractivity contribution < 1.29 is 48.3 Å². The normalized spacial score (nSPS) is 11.7. The van der Waals surface area contributed by atoms with Crippen LogP contribution in [0, 0.1) is 6.54 Å². The van der Waals surface area contributed by atoms with Gasteiger partial charge < -0.3 is 38.9 Å². The third-order valence-corrected chi connectivity index (χ3v) is 15.5. The van der Waals surface area contributed by atoms with Crippen LogP contribution in [-0.2, 0) is 32.3 Å². The molecule has 0 aromatic heterocycles. The first-order chi connectivity index (χ1) is 45.9. The van der Waals surface area contributed by atoms with Gasteiger partial charge in [-0.3, -0.25) is 19.1 Å². The Kier molecular flexibility index (Phi) is 56.7. The fourth-order valence-electron chi connectivity index (χ4n) is 7.81. The summed E-state index contributed by atoms with van der Waals surface area (Å²) in [5.74, 6) is 0. The number of nitrogens with zero attached hydrogens (tertiary/aromatic N) is 4. The van der Waals surface area contributed by atoms with Gasteiger partial charge in [0.1, 0.15) is 27.3 Å². The van der Waals surface area contributed by atoms with E-state index in [4.69, 9.17) is 49.2 Å². The number of halogens is 1. The average molecular weight is 1400 g/mol. The molecule has 0 bridgehead atoms. The molecular weight excluding hydrogens is 1310 g/mol. The first kappa shape index (κ1) is 91.3. The molecule has 97 heavy (non-hydrogen) atoms. The molecular formula is C77H84FLi4N7OS7. The molecule has 0 spiro atoms. The van der Waals surface area contributed by atoms with Gasteiger partial charge in [-0.1, -0.05) is 340 Å². The van der Waals surface area contributed by atoms with Gasteiger partial charge in [-0.05, 0) is 36.3 Å². The van der Waals surface area contributed by atoms with E-state index in [-0.39, 0.29) is 70.8 Å². The molecule has 8 nitrogen and oxygen atoms in total. The summed E-state index contributed by atoms with van der Waals surface area (Å²) in [5.41, 5.74) is 18.0. The molecule has 10 aromatic rings. The number of hydrogen-bond donors (Lipinski definition) is 3. The number of thiocarbonyl (C=S) groups is 3. The predicted octanol–water partition coefficient (Wildman–Crippen LogP) is 10.5. The largest absolute Gasteiger partial charge is 0.819 e. The maximum Gasteiger partial charge on any atom is -0.0604 e. The van der Waals surface area contributed by atoms with Crippen LogP contribution >= 0.6 is 75.4 Å².